The minimum absolute atomic E-state index is 0.0208. The average molecular weight is 340 g/mol. The molecule has 1 fully saturated rings. The second-order valence-corrected chi connectivity index (χ2v) is 6.89. The molecule has 2 aromatic rings. The van der Waals surface area contributed by atoms with Crippen LogP contribution in [-0.4, -0.2) is 60.1 Å². The number of morpholine rings is 1. The summed E-state index contributed by atoms with van der Waals surface area (Å²) < 4.78 is 5.94. The Morgan fingerprint density at radius 2 is 2.04 bits per heavy atom. The summed E-state index contributed by atoms with van der Waals surface area (Å²) in [5.74, 6) is 0.812. The highest BCUT2D eigenvalue weighted by atomic mass is 16.5. The fourth-order valence-electron chi connectivity index (χ4n) is 3.19. The highest BCUT2D eigenvalue weighted by Gasteiger charge is 2.24. The fourth-order valence-corrected chi connectivity index (χ4v) is 3.19. The number of hydrogen-bond acceptors (Lipinski definition) is 5. The summed E-state index contributed by atoms with van der Waals surface area (Å²) >= 11 is 0. The molecule has 1 aliphatic heterocycles. The summed E-state index contributed by atoms with van der Waals surface area (Å²) in [6.07, 6.45) is 4.11. The third kappa shape index (κ3) is 5.59. The van der Waals surface area contributed by atoms with E-state index in [1.807, 2.05) is 26.4 Å². The van der Waals surface area contributed by atoms with E-state index in [9.17, 15) is 0 Å². The van der Waals surface area contributed by atoms with Crippen LogP contribution in [0.5, 0.6) is 0 Å². The van der Waals surface area contributed by atoms with Crippen LogP contribution in [0.4, 0.5) is 0 Å². The predicted octanol–water partition coefficient (Wildman–Crippen LogP) is 2.54. The highest BCUT2D eigenvalue weighted by molar-refractivity contribution is 5.14. The highest BCUT2D eigenvalue weighted by Crippen LogP contribution is 2.19. The molecule has 0 amide bonds. The van der Waals surface area contributed by atoms with Gasteiger partial charge in [-0.2, -0.15) is 0 Å². The molecule has 0 N–H and O–H groups in total. The Morgan fingerprint density at radius 3 is 2.84 bits per heavy atom. The monoisotopic (exact) mass is 340 g/mol. The quantitative estimate of drug-likeness (QED) is 0.775. The maximum Gasteiger partial charge on any atom is 0.158 e. The molecule has 0 aliphatic carbocycles. The summed E-state index contributed by atoms with van der Waals surface area (Å²) in [6, 6.07) is 12.7. The van der Waals surface area contributed by atoms with Crippen LogP contribution in [0, 0.1) is 0 Å². The van der Waals surface area contributed by atoms with Gasteiger partial charge in [-0.05, 0) is 45.1 Å². The van der Waals surface area contributed by atoms with Crippen LogP contribution in [0.3, 0.4) is 0 Å². The van der Waals surface area contributed by atoms with Crippen LogP contribution in [0.1, 0.15) is 29.6 Å². The summed E-state index contributed by atoms with van der Waals surface area (Å²) in [5.41, 5.74) is 2.45. The molecule has 1 aromatic heterocycles. The molecular weight excluding hydrogens is 312 g/mol. The summed E-state index contributed by atoms with van der Waals surface area (Å²) in [5, 5.41) is 0. The van der Waals surface area contributed by atoms with Gasteiger partial charge in [0.25, 0.3) is 0 Å². The topological polar surface area (TPSA) is 41.5 Å². The summed E-state index contributed by atoms with van der Waals surface area (Å²) in [6.45, 7) is 4.52. The van der Waals surface area contributed by atoms with Crippen molar-refractivity contribution in [3.63, 3.8) is 0 Å². The zero-order chi connectivity index (χ0) is 17.5. The number of rotatable bonds is 7. The lowest BCUT2D eigenvalue weighted by atomic mass is 10.1. The lowest BCUT2D eigenvalue weighted by molar-refractivity contribution is -0.0346. The van der Waals surface area contributed by atoms with Crippen molar-refractivity contribution in [1.29, 1.82) is 0 Å². The van der Waals surface area contributed by atoms with Gasteiger partial charge in [0.1, 0.15) is 6.10 Å². The molecule has 5 heteroatoms. The van der Waals surface area contributed by atoms with Gasteiger partial charge in [-0.3, -0.25) is 4.90 Å². The molecule has 0 radical (unpaired) electrons. The first-order chi connectivity index (χ1) is 12.2. The van der Waals surface area contributed by atoms with Gasteiger partial charge >= 0.3 is 0 Å². The Balaban J connectivity index is 1.52. The molecule has 0 spiro atoms. The van der Waals surface area contributed by atoms with Gasteiger partial charge in [-0.1, -0.05) is 30.3 Å². The van der Waals surface area contributed by atoms with E-state index in [0.29, 0.717) is 0 Å². The second-order valence-electron chi connectivity index (χ2n) is 6.89. The van der Waals surface area contributed by atoms with E-state index in [1.165, 1.54) is 5.56 Å². The van der Waals surface area contributed by atoms with E-state index in [4.69, 9.17) is 9.72 Å². The minimum atomic E-state index is -0.0208. The Morgan fingerprint density at radius 1 is 1.20 bits per heavy atom. The summed E-state index contributed by atoms with van der Waals surface area (Å²) in [4.78, 5) is 13.7. The lowest BCUT2D eigenvalue weighted by Crippen LogP contribution is -2.39. The molecule has 0 bridgehead atoms. The molecule has 2 heterocycles. The van der Waals surface area contributed by atoms with Crippen molar-refractivity contribution in [2.75, 3.05) is 40.3 Å². The van der Waals surface area contributed by atoms with Crippen molar-refractivity contribution in [3.8, 4) is 0 Å². The van der Waals surface area contributed by atoms with Gasteiger partial charge < -0.3 is 9.64 Å². The largest absolute Gasteiger partial charge is 0.368 e. The van der Waals surface area contributed by atoms with Crippen molar-refractivity contribution < 1.29 is 4.74 Å². The van der Waals surface area contributed by atoms with E-state index in [2.05, 4.69) is 45.1 Å². The Hall–Kier alpha value is -1.82. The van der Waals surface area contributed by atoms with Gasteiger partial charge in [0.15, 0.2) is 5.82 Å². The first kappa shape index (κ1) is 18.0. The molecule has 134 valence electrons. The van der Waals surface area contributed by atoms with Gasteiger partial charge in [-0.15, -0.1) is 0 Å². The van der Waals surface area contributed by atoms with Gasteiger partial charge in [0, 0.05) is 25.8 Å². The second kappa shape index (κ2) is 9.04. The SMILES string of the molecule is CN(C)Cc1ccnc(C2CN(CCCc3ccccc3)CCO2)n1. The Kier molecular flexibility index (Phi) is 6.50. The maximum atomic E-state index is 5.94. The normalized spacial score (nSPS) is 18.6. The zero-order valence-corrected chi connectivity index (χ0v) is 15.3. The van der Waals surface area contributed by atoms with Gasteiger partial charge in [-0.25, -0.2) is 9.97 Å². The molecule has 1 atom stereocenters. The number of hydrogen-bond donors (Lipinski definition) is 0. The van der Waals surface area contributed by atoms with Crippen molar-refractivity contribution in [2.24, 2.45) is 0 Å². The number of aryl methyl sites for hydroxylation is 1. The van der Waals surface area contributed by atoms with E-state index in [1.54, 1.807) is 0 Å². The van der Waals surface area contributed by atoms with Crippen molar-refractivity contribution in [1.82, 2.24) is 19.8 Å². The number of nitrogens with zero attached hydrogens (tertiary/aromatic N) is 4. The van der Waals surface area contributed by atoms with Crippen LogP contribution < -0.4 is 0 Å². The smallest absolute Gasteiger partial charge is 0.158 e. The standard InChI is InChI=1S/C20H28N4O/c1-23(2)15-18-10-11-21-20(22-18)19-16-24(13-14-25-19)12-6-9-17-7-4-3-5-8-17/h3-5,7-8,10-11,19H,6,9,12-16H2,1-2H3. The molecule has 25 heavy (non-hydrogen) atoms. The Labute approximate surface area is 150 Å². The number of aromatic nitrogens is 2. The van der Waals surface area contributed by atoms with Crippen LogP contribution in [-0.2, 0) is 17.7 Å². The first-order valence-electron chi connectivity index (χ1n) is 9.05. The van der Waals surface area contributed by atoms with Crippen molar-refractivity contribution in [3.05, 3.63) is 59.7 Å². The molecule has 1 aromatic carbocycles. The van der Waals surface area contributed by atoms with Gasteiger partial charge in [0.05, 0.1) is 12.3 Å². The lowest BCUT2D eigenvalue weighted by Gasteiger charge is -2.32. The van der Waals surface area contributed by atoms with E-state index >= 15 is 0 Å². The van der Waals surface area contributed by atoms with Crippen molar-refractivity contribution in [2.45, 2.75) is 25.5 Å². The molecule has 1 aliphatic rings. The average Bonchev–Trinajstić information content (AvgIpc) is 2.63. The fraction of sp³-hybridized carbons (Fsp3) is 0.500. The molecule has 0 saturated carbocycles. The van der Waals surface area contributed by atoms with E-state index in [-0.39, 0.29) is 6.10 Å². The number of ether oxygens (including phenoxy) is 1. The van der Waals surface area contributed by atoms with Crippen molar-refractivity contribution >= 4 is 0 Å². The number of benzene rings is 1. The van der Waals surface area contributed by atoms with E-state index in [0.717, 1.165) is 57.1 Å². The molecule has 3 rings (SSSR count). The third-order valence-electron chi connectivity index (χ3n) is 4.43. The van der Waals surface area contributed by atoms with Crippen LogP contribution >= 0.6 is 0 Å². The minimum Gasteiger partial charge on any atom is -0.368 e. The first-order valence-corrected chi connectivity index (χ1v) is 9.05. The molecule has 5 nitrogen and oxygen atoms in total. The van der Waals surface area contributed by atoms with Crippen LogP contribution in [0.15, 0.2) is 42.6 Å². The van der Waals surface area contributed by atoms with Gasteiger partial charge in [0.2, 0.25) is 0 Å². The predicted molar refractivity (Wildman–Crippen MR) is 99.3 cm³/mol. The van der Waals surface area contributed by atoms with Crippen LogP contribution in [0.2, 0.25) is 0 Å². The third-order valence-corrected chi connectivity index (χ3v) is 4.43. The zero-order valence-electron chi connectivity index (χ0n) is 15.3. The maximum absolute atomic E-state index is 5.94. The molecule has 1 saturated heterocycles. The van der Waals surface area contributed by atoms with Crippen LogP contribution in [0.25, 0.3) is 0 Å². The molecule has 1 unspecified atom stereocenters. The molecular formula is C20H28N4O. The Bertz CT molecular complexity index is 647. The van der Waals surface area contributed by atoms with E-state index < -0.39 is 0 Å². The summed E-state index contributed by atoms with van der Waals surface area (Å²) in [7, 11) is 4.10.